The second kappa shape index (κ2) is 7.17. The Morgan fingerprint density at radius 3 is 3.00 bits per heavy atom. The van der Waals surface area contributed by atoms with E-state index in [0.29, 0.717) is 5.92 Å². The molecule has 1 unspecified atom stereocenters. The van der Waals surface area contributed by atoms with E-state index in [2.05, 4.69) is 49.0 Å². The predicted octanol–water partition coefficient (Wildman–Crippen LogP) is 3.80. The van der Waals surface area contributed by atoms with Crippen molar-refractivity contribution in [1.29, 1.82) is 0 Å². The molecule has 0 radical (unpaired) electrons. The maximum atomic E-state index is 4.69. The van der Waals surface area contributed by atoms with Crippen LogP contribution in [0.15, 0.2) is 34.6 Å². The molecule has 0 aliphatic carbocycles. The van der Waals surface area contributed by atoms with Crippen LogP contribution in [0.3, 0.4) is 0 Å². The first-order valence-corrected chi connectivity index (χ1v) is 9.20. The van der Waals surface area contributed by atoms with E-state index in [-0.39, 0.29) is 0 Å². The molecule has 0 bridgehead atoms. The fraction of sp³-hybridized carbons (Fsp3) is 0.375. The van der Waals surface area contributed by atoms with Crippen molar-refractivity contribution in [2.24, 2.45) is 5.92 Å². The fourth-order valence-electron chi connectivity index (χ4n) is 2.35. The van der Waals surface area contributed by atoms with E-state index in [4.69, 9.17) is 0 Å². The van der Waals surface area contributed by atoms with Crippen LogP contribution in [0.5, 0.6) is 0 Å². The summed E-state index contributed by atoms with van der Waals surface area (Å²) in [5.41, 5.74) is 2.35. The first-order chi connectivity index (χ1) is 10.7. The second-order valence-corrected chi connectivity index (χ2v) is 7.16. The summed E-state index contributed by atoms with van der Waals surface area (Å²) in [6.07, 6.45) is 3.90. The van der Waals surface area contributed by atoms with E-state index in [9.17, 15) is 0 Å². The number of thiophene rings is 1. The van der Waals surface area contributed by atoms with Gasteiger partial charge in [0.1, 0.15) is 10.8 Å². The van der Waals surface area contributed by atoms with Gasteiger partial charge < -0.3 is 9.88 Å². The number of imidazole rings is 1. The van der Waals surface area contributed by atoms with Crippen molar-refractivity contribution in [2.45, 2.75) is 26.9 Å². The van der Waals surface area contributed by atoms with Gasteiger partial charge in [-0.05, 0) is 30.8 Å². The van der Waals surface area contributed by atoms with E-state index in [1.54, 1.807) is 22.7 Å². The number of nitrogens with zero attached hydrogens (tertiary/aromatic N) is 3. The highest BCUT2D eigenvalue weighted by atomic mass is 32.1. The zero-order valence-electron chi connectivity index (χ0n) is 12.8. The standard InChI is InChI=1S/C16H20N4S2/c1-12(9-20-5-4-18-13(20)2)7-17-8-15-11-22-16(19-15)14-3-6-21-10-14/h3-6,10-12,17H,7-9H2,1-2H3. The largest absolute Gasteiger partial charge is 0.335 e. The quantitative estimate of drug-likeness (QED) is 0.715. The molecule has 0 saturated heterocycles. The number of hydrogen-bond acceptors (Lipinski definition) is 5. The average molecular weight is 332 g/mol. The van der Waals surface area contributed by atoms with Crippen molar-refractivity contribution in [2.75, 3.05) is 6.54 Å². The van der Waals surface area contributed by atoms with Crippen molar-refractivity contribution < 1.29 is 0 Å². The van der Waals surface area contributed by atoms with E-state index in [1.165, 1.54) is 5.56 Å². The third-order valence-corrected chi connectivity index (χ3v) is 5.17. The highest BCUT2D eigenvalue weighted by Gasteiger charge is 2.07. The predicted molar refractivity (Wildman–Crippen MR) is 93.3 cm³/mol. The molecule has 1 atom stereocenters. The van der Waals surface area contributed by atoms with Gasteiger partial charge in [-0.1, -0.05) is 6.92 Å². The lowest BCUT2D eigenvalue weighted by molar-refractivity contribution is 0.439. The second-order valence-electron chi connectivity index (χ2n) is 5.52. The Morgan fingerprint density at radius 2 is 2.27 bits per heavy atom. The zero-order chi connectivity index (χ0) is 15.4. The van der Waals surface area contributed by atoms with Gasteiger partial charge in [0, 0.05) is 41.8 Å². The van der Waals surface area contributed by atoms with Crippen LogP contribution in [0.2, 0.25) is 0 Å². The third kappa shape index (κ3) is 3.82. The van der Waals surface area contributed by atoms with Gasteiger partial charge in [0.25, 0.3) is 0 Å². The van der Waals surface area contributed by atoms with Crippen molar-refractivity contribution >= 4 is 22.7 Å². The number of rotatable bonds is 7. The number of aromatic nitrogens is 3. The average Bonchev–Trinajstić information content (AvgIpc) is 3.21. The normalized spacial score (nSPS) is 12.6. The van der Waals surface area contributed by atoms with Crippen LogP contribution < -0.4 is 5.32 Å². The van der Waals surface area contributed by atoms with Gasteiger partial charge >= 0.3 is 0 Å². The fourth-order valence-corrected chi connectivity index (χ4v) is 3.88. The molecule has 1 N–H and O–H groups in total. The molecular formula is C16H20N4S2. The van der Waals surface area contributed by atoms with Crippen LogP contribution >= 0.6 is 22.7 Å². The Morgan fingerprint density at radius 1 is 1.36 bits per heavy atom. The summed E-state index contributed by atoms with van der Waals surface area (Å²) in [5.74, 6) is 1.63. The van der Waals surface area contributed by atoms with E-state index in [1.807, 2.05) is 19.3 Å². The van der Waals surface area contributed by atoms with Crippen LogP contribution in [-0.4, -0.2) is 21.1 Å². The van der Waals surface area contributed by atoms with Gasteiger partial charge in [0.05, 0.1) is 5.69 Å². The van der Waals surface area contributed by atoms with Crippen molar-refractivity contribution in [3.05, 3.63) is 46.1 Å². The van der Waals surface area contributed by atoms with Crippen LogP contribution in [-0.2, 0) is 13.1 Å². The molecule has 0 aliphatic heterocycles. The minimum atomic E-state index is 0.558. The number of nitrogens with one attached hydrogen (secondary N) is 1. The van der Waals surface area contributed by atoms with Gasteiger partial charge in [-0.2, -0.15) is 11.3 Å². The van der Waals surface area contributed by atoms with Gasteiger partial charge in [0.15, 0.2) is 0 Å². The SMILES string of the molecule is Cc1nccn1CC(C)CNCc1csc(-c2ccsc2)n1. The molecule has 6 heteroatoms. The number of hydrogen-bond donors (Lipinski definition) is 1. The smallest absolute Gasteiger partial charge is 0.124 e. The van der Waals surface area contributed by atoms with Crippen LogP contribution in [0.4, 0.5) is 0 Å². The molecule has 3 heterocycles. The molecular weight excluding hydrogens is 312 g/mol. The Kier molecular flexibility index (Phi) is 5.02. The summed E-state index contributed by atoms with van der Waals surface area (Å²) in [6, 6.07) is 2.12. The Labute approximate surface area is 138 Å². The minimum absolute atomic E-state index is 0.558. The summed E-state index contributed by atoms with van der Waals surface area (Å²) in [5, 5.41) is 11.0. The zero-order valence-corrected chi connectivity index (χ0v) is 14.5. The first kappa shape index (κ1) is 15.4. The molecule has 0 saturated carbocycles. The molecule has 0 aromatic carbocycles. The highest BCUT2D eigenvalue weighted by Crippen LogP contribution is 2.25. The molecule has 22 heavy (non-hydrogen) atoms. The highest BCUT2D eigenvalue weighted by molar-refractivity contribution is 7.14. The summed E-state index contributed by atoms with van der Waals surface area (Å²) < 4.78 is 2.20. The van der Waals surface area contributed by atoms with Gasteiger partial charge in [-0.25, -0.2) is 9.97 Å². The van der Waals surface area contributed by atoms with Crippen molar-refractivity contribution in [3.63, 3.8) is 0 Å². The minimum Gasteiger partial charge on any atom is -0.335 e. The van der Waals surface area contributed by atoms with Crippen molar-refractivity contribution in [1.82, 2.24) is 19.9 Å². The molecule has 0 fully saturated rings. The van der Waals surface area contributed by atoms with Gasteiger partial charge in [0.2, 0.25) is 0 Å². The molecule has 3 aromatic heterocycles. The monoisotopic (exact) mass is 332 g/mol. The molecule has 3 rings (SSSR count). The van der Waals surface area contributed by atoms with Crippen LogP contribution in [0, 0.1) is 12.8 Å². The molecule has 0 spiro atoms. The lowest BCUT2D eigenvalue weighted by Crippen LogP contribution is -2.24. The van der Waals surface area contributed by atoms with Gasteiger partial charge in [-0.15, -0.1) is 11.3 Å². The Hall–Kier alpha value is -1.50. The third-order valence-electron chi connectivity index (χ3n) is 3.55. The molecule has 3 aromatic rings. The van der Waals surface area contributed by atoms with E-state index in [0.717, 1.165) is 36.2 Å². The summed E-state index contributed by atoms with van der Waals surface area (Å²) >= 11 is 3.43. The Balaban J connectivity index is 1.46. The van der Waals surface area contributed by atoms with E-state index < -0.39 is 0 Å². The van der Waals surface area contributed by atoms with Gasteiger partial charge in [-0.3, -0.25) is 0 Å². The number of aryl methyl sites for hydroxylation is 1. The summed E-state index contributed by atoms with van der Waals surface area (Å²) in [4.78, 5) is 8.95. The summed E-state index contributed by atoms with van der Waals surface area (Å²) in [6.45, 7) is 7.10. The molecule has 4 nitrogen and oxygen atoms in total. The first-order valence-electron chi connectivity index (χ1n) is 7.38. The van der Waals surface area contributed by atoms with Crippen LogP contribution in [0.25, 0.3) is 10.6 Å². The number of thiazole rings is 1. The molecule has 116 valence electrons. The Bertz CT molecular complexity index is 699. The molecule has 0 amide bonds. The lowest BCUT2D eigenvalue weighted by Gasteiger charge is -2.13. The maximum Gasteiger partial charge on any atom is 0.124 e. The van der Waals surface area contributed by atoms with E-state index >= 15 is 0 Å². The molecule has 0 aliphatic rings. The summed E-state index contributed by atoms with van der Waals surface area (Å²) in [7, 11) is 0. The maximum absolute atomic E-state index is 4.69. The topological polar surface area (TPSA) is 42.7 Å². The lowest BCUT2D eigenvalue weighted by atomic mass is 10.2. The van der Waals surface area contributed by atoms with Crippen molar-refractivity contribution in [3.8, 4) is 10.6 Å². The van der Waals surface area contributed by atoms with Crippen LogP contribution in [0.1, 0.15) is 18.4 Å².